The van der Waals surface area contributed by atoms with E-state index < -0.39 is 0 Å². The molecular formula is C19H25NO5. The molecule has 136 valence electrons. The molecule has 0 N–H and O–H groups in total. The maximum absolute atomic E-state index is 12.4. The largest absolute Gasteiger partial charge is 0.492 e. The number of rotatable bonds is 8. The summed E-state index contributed by atoms with van der Waals surface area (Å²) in [6.07, 6.45) is 4.03. The summed E-state index contributed by atoms with van der Waals surface area (Å²) in [4.78, 5) is 14.7. The second-order valence-corrected chi connectivity index (χ2v) is 6.12. The quantitative estimate of drug-likeness (QED) is 0.681. The zero-order chi connectivity index (χ0) is 17.8. The molecule has 0 radical (unpaired) electrons. The fraction of sp³-hybridized carbons (Fsp3) is 0.526. The van der Waals surface area contributed by atoms with Gasteiger partial charge in [0.05, 0.1) is 25.4 Å². The first-order valence-corrected chi connectivity index (χ1v) is 8.77. The molecule has 0 amide bonds. The molecule has 2 heterocycles. The SMILES string of the molecule is CCOc1c(C(C)=O)c(OCCN2CCCC2)c(OC)c2occc12. The first-order chi connectivity index (χ1) is 12.2. The summed E-state index contributed by atoms with van der Waals surface area (Å²) in [5.74, 6) is 1.21. The minimum Gasteiger partial charge on any atom is -0.492 e. The average molecular weight is 347 g/mol. The number of likely N-dealkylation sites (tertiary alicyclic amines) is 1. The maximum Gasteiger partial charge on any atom is 0.205 e. The number of methoxy groups -OCH3 is 1. The van der Waals surface area contributed by atoms with Crippen LogP contribution in [0, 0.1) is 0 Å². The van der Waals surface area contributed by atoms with Crippen molar-refractivity contribution < 1.29 is 23.4 Å². The molecule has 6 heteroatoms. The molecule has 0 unspecified atom stereocenters. The van der Waals surface area contributed by atoms with Gasteiger partial charge in [-0.1, -0.05) is 0 Å². The number of furan rings is 1. The number of ketones is 1. The number of hydrogen-bond acceptors (Lipinski definition) is 6. The lowest BCUT2D eigenvalue weighted by molar-refractivity contribution is 0.100. The van der Waals surface area contributed by atoms with E-state index in [9.17, 15) is 4.79 Å². The van der Waals surface area contributed by atoms with Gasteiger partial charge in [-0.15, -0.1) is 0 Å². The number of carbonyl (C=O) groups excluding carboxylic acids is 1. The van der Waals surface area contributed by atoms with Crippen molar-refractivity contribution >= 4 is 16.8 Å². The van der Waals surface area contributed by atoms with Crippen LogP contribution in [0.1, 0.15) is 37.0 Å². The van der Waals surface area contributed by atoms with Crippen LogP contribution in [0.25, 0.3) is 11.0 Å². The third-order valence-corrected chi connectivity index (χ3v) is 4.47. The van der Waals surface area contributed by atoms with Crippen LogP contribution in [0.15, 0.2) is 16.7 Å². The van der Waals surface area contributed by atoms with Crippen molar-refractivity contribution in [3.05, 3.63) is 17.9 Å². The monoisotopic (exact) mass is 347 g/mol. The lowest BCUT2D eigenvalue weighted by atomic mass is 10.0. The molecule has 2 aromatic rings. The van der Waals surface area contributed by atoms with Crippen molar-refractivity contribution in [2.45, 2.75) is 26.7 Å². The Kier molecular flexibility index (Phi) is 5.48. The molecule has 0 spiro atoms. The Labute approximate surface area is 147 Å². The van der Waals surface area contributed by atoms with Crippen molar-refractivity contribution in [3.8, 4) is 17.2 Å². The van der Waals surface area contributed by atoms with Gasteiger partial charge in [0.15, 0.2) is 17.1 Å². The first kappa shape index (κ1) is 17.6. The van der Waals surface area contributed by atoms with Crippen LogP contribution in [-0.2, 0) is 0 Å². The molecule has 0 saturated carbocycles. The number of carbonyl (C=O) groups is 1. The van der Waals surface area contributed by atoms with Crippen molar-refractivity contribution in [1.82, 2.24) is 4.90 Å². The van der Waals surface area contributed by atoms with E-state index in [0.29, 0.717) is 41.6 Å². The predicted octanol–water partition coefficient (Wildman–Crippen LogP) is 3.52. The van der Waals surface area contributed by atoms with E-state index in [4.69, 9.17) is 18.6 Å². The normalized spacial score (nSPS) is 14.8. The van der Waals surface area contributed by atoms with E-state index in [0.717, 1.165) is 25.0 Å². The summed E-state index contributed by atoms with van der Waals surface area (Å²) in [5.41, 5.74) is 0.946. The molecule has 1 aliphatic heterocycles. The highest BCUT2D eigenvalue weighted by Gasteiger charge is 2.27. The van der Waals surface area contributed by atoms with Crippen LogP contribution < -0.4 is 14.2 Å². The van der Waals surface area contributed by atoms with E-state index in [2.05, 4.69) is 4.90 Å². The summed E-state index contributed by atoms with van der Waals surface area (Å²) in [5, 5.41) is 0.718. The number of nitrogens with zero attached hydrogens (tertiary/aromatic N) is 1. The Hall–Kier alpha value is -2.21. The molecule has 1 saturated heterocycles. The molecule has 0 aliphatic carbocycles. The van der Waals surface area contributed by atoms with Crippen molar-refractivity contribution in [3.63, 3.8) is 0 Å². The smallest absolute Gasteiger partial charge is 0.205 e. The summed E-state index contributed by atoms with van der Waals surface area (Å²) in [6.45, 7) is 7.34. The van der Waals surface area contributed by atoms with Gasteiger partial charge in [0.25, 0.3) is 0 Å². The first-order valence-electron chi connectivity index (χ1n) is 8.77. The lowest BCUT2D eigenvalue weighted by Crippen LogP contribution is -2.25. The van der Waals surface area contributed by atoms with E-state index in [1.54, 1.807) is 19.4 Å². The minimum atomic E-state index is -0.124. The maximum atomic E-state index is 12.4. The number of Topliss-reactive ketones (excluding diaryl/α,β-unsaturated/α-hetero) is 1. The molecule has 1 fully saturated rings. The molecule has 1 aromatic carbocycles. The standard InChI is InChI=1S/C19H25NO5/c1-4-23-16-14-7-11-24-17(14)19(22-3)18(15(16)13(2)21)25-12-10-20-8-5-6-9-20/h7,11H,4-6,8-10,12H2,1-3H3. The van der Waals surface area contributed by atoms with Crippen LogP contribution in [0.5, 0.6) is 17.2 Å². The van der Waals surface area contributed by atoms with Gasteiger partial charge < -0.3 is 18.6 Å². The Morgan fingerprint density at radius 3 is 2.60 bits per heavy atom. The van der Waals surface area contributed by atoms with Crippen LogP contribution in [-0.4, -0.2) is 50.6 Å². The zero-order valence-electron chi connectivity index (χ0n) is 15.1. The van der Waals surface area contributed by atoms with Gasteiger partial charge in [0.2, 0.25) is 5.75 Å². The highest BCUT2D eigenvalue weighted by atomic mass is 16.5. The highest BCUT2D eigenvalue weighted by Crippen LogP contribution is 2.46. The molecule has 1 aliphatic rings. The van der Waals surface area contributed by atoms with Gasteiger partial charge in [-0.2, -0.15) is 0 Å². The van der Waals surface area contributed by atoms with Crippen molar-refractivity contribution in [2.75, 3.05) is 40.0 Å². The Morgan fingerprint density at radius 2 is 1.96 bits per heavy atom. The van der Waals surface area contributed by atoms with Gasteiger partial charge in [-0.25, -0.2) is 0 Å². The van der Waals surface area contributed by atoms with Gasteiger partial charge in [-0.05, 0) is 45.8 Å². The van der Waals surface area contributed by atoms with E-state index in [1.807, 2.05) is 6.92 Å². The number of fused-ring (bicyclic) bond motifs is 1. The van der Waals surface area contributed by atoms with Crippen molar-refractivity contribution in [2.24, 2.45) is 0 Å². The highest BCUT2D eigenvalue weighted by molar-refractivity contribution is 6.08. The molecule has 0 bridgehead atoms. The van der Waals surface area contributed by atoms with Gasteiger partial charge in [0.1, 0.15) is 17.9 Å². The molecular weight excluding hydrogens is 322 g/mol. The molecule has 6 nitrogen and oxygen atoms in total. The van der Waals surface area contributed by atoms with Crippen LogP contribution in [0.4, 0.5) is 0 Å². The van der Waals surface area contributed by atoms with Gasteiger partial charge in [-0.3, -0.25) is 9.69 Å². The van der Waals surface area contributed by atoms with Crippen LogP contribution in [0.3, 0.4) is 0 Å². The zero-order valence-corrected chi connectivity index (χ0v) is 15.1. The molecule has 1 aromatic heterocycles. The van der Waals surface area contributed by atoms with Crippen LogP contribution >= 0.6 is 0 Å². The van der Waals surface area contributed by atoms with E-state index in [1.165, 1.54) is 19.8 Å². The van der Waals surface area contributed by atoms with E-state index >= 15 is 0 Å². The predicted molar refractivity (Wildman–Crippen MR) is 95.1 cm³/mol. The average Bonchev–Trinajstić information content (AvgIpc) is 3.26. The Bertz CT molecular complexity index is 746. The summed E-state index contributed by atoms with van der Waals surface area (Å²) in [6, 6.07) is 1.78. The fourth-order valence-corrected chi connectivity index (χ4v) is 3.34. The fourth-order valence-electron chi connectivity index (χ4n) is 3.34. The molecule has 25 heavy (non-hydrogen) atoms. The van der Waals surface area contributed by atoms with E-state index in [-0.39, 0.29) is 5.78 Å². The third-order valence-electron chi connectivity index (χ3n) is 4.47. The number of ether oxygens (including phenoxy) is 3. The molecule has 0 atom stereocenters. The minimum absolute atomic E-state index is 0.124. The molecule has 3 rings (SSSR count). The van der Waals surface area contributed by atoms with Gasteiger partial charge in [0, 0.05) is 6.54 Å². The Morgan fingerprint density at radius 1 is 1.20 bits per heavy atom. The van der Waals surface area contributed by atoms with Crippen LogP contribution in [0.2, 0.25) is 0 Å². The summed E-state index contributed by atoms with van der Waals surface area (Å²) < 4.78 is 22.9. The topological polar surface area (TPSA) is 61.1 Å². The lowest BCUT2D eigenvalue weighted by Gasteiger charge is -2.20. The summed E-state index contributed by atoms with van der Waals surface area (Å²) in [7, 11) is 1.55. The van der Waals surface area contributed by atoms with Gasteiger partial charge >= 0.3 is 0 Å². The number of benzene rings is 1. The third kappa shape index (κ3) is 3.44. The second-order valence-electron chi connectivity index (χ2n) is 6.12. The second kappa shape index (κ2) is 7.78. The number of hydrogen-bond donors (Lipinski definition) is 0. The Balaban J connectivity index is 2.00. The van der Waals surface area contributed by atoms with Crippen molar-refractivity contribution in [1.29, 1.82) is 0 Å². The summed E-state index contributed by atoms with van der Waals surface area (Å²) >= 11 is 0.